The molecule has 1 aromatic rings. The predicted molar refractivity (Wildman–Crippen MR) is 83.2 cm³/mol. The Morgan fingerprint density at radius 1 is 1.30 bits per heavy atom. The van der Waals surface area contributed by atoms with E-state index in [2.05, 4.69) is 38.5 Å². The van der Waals surface area contributed by atoms with Gasteiger partial charge in [0, 0.05) is 18.5 Å². The molecule has 0 amide bonds. The lowest BCUT2D eigenvalue weighted by Crippen LogP contribution is -2.59. The normalized spacial score (nSPS) is 31.8. The van der Waals surface area contributed by atoms with Gasteiger partial charge in [0.25, 0.3) is 0 Å². The number of terminal acetylenes is 1. The summed E-state index contributed by atoms with van der Waals surface area (Å²) in [7, 11) is 0. The van der Waals surface area contributed by atoms with Gasteiger partial charge in [-0.25, -0.2) is 0 Å². The van der Waals surface area contributed by atoms with E-state index in [4.69, 9.17) is 6.42 Å². The monoisotopic (exact) mass is 271 g/mol. The van der Waals surface area contributed by atoms with E-state index in [1.54, 1.807) is 0 Å². The first-order valence-electron chi connectivity index (χ1n) is 7.33. The van der Waals surface area contributed by atoms with E-state index in [9.17, 15) is 5.11 Å². The number of hydrogen-bond acceptors (Lipinski definition) is 2. The average molecular weight is 271 g/mol. The molecule has 1 aromatic carbocycles. The molecule has 1 aliphatic rings. The van der Waals surface area contributed by atoms with Gasteiger partial charge >= 0.3 is 0 Å². The molecule has 1 aliphatic heterocycles. The average Bonchev–Trinajstić information content (AvgIpc) is 2.43. The number of benzene rings is 1. The molecule has 0 aliphatic carbocycles. The van der Waals surface area contributed by atoms with E-state index >= 15 is 0 Å². The number of likely N-dealkylation sites (tertiary alicyclic amines) is 1. The van der Waals surface area contributed by atoms with E-state index in [1.165, 1.54) is 0 Å². The zero-order valence-electron chi connectivity index (χ0n) is 12.9. The highest BCUT2D eigenvalue weighted by atomic mass is 16.3. The second kappa shape index (κ2) is 5.24. The highest BCUT2D eigenvalue weighted by Crippen LogP contribution is 2.41. The maximum atomic E-state index is 11.2. The first kappa shape index (κ1) is 15.1. The molecule has 1 fully saturated rings. The molecule has 0 spiro atoms. The summed E-state index contributed by atoms with van der Waals surface area (Å²) in [4.78, 5) is 2.33. The van der Waals surface area contributed by atoms with Crippen LogP contribution in [0.25, 0.3) is 0 Å². The minimum atomic E-state index is -0.762. The van der Waals surface area contributed by atoms with E-state index in [0.717, 1.165) is 12.1 Å². The second-order valence-corrected chi connectivity index (χ2v) is 6.60. The summed E-state index contributed by atoms with van der Waals surface area (Å²) in [6.07, 6.45) is 6.38. The molecule has 0 aromatic heterocycles. The quantitative estimate of drug-likeness (QED) is 0.836. The van der Waals surface area contributed by atoms with Gasteiger partial charge in [0.15, 0.2) is 0 Å². The molecule has 0 bridgehead atoms. The Bertz CT molecular complexity index is 502. The molecule has 0 unspecified atom stereocenters. The lowest BCUT2D eigenvalue weighted by atomic mass is 9.73. The molecule has 1 saturated heterocycles. The molecular weight excluding hydrogens is 246 g/mol. The summed E-state index contributed by atoms with van der Waals surface area (Å²) in [6, 6.07) is 10.3. The molecule has 1 heterocycles. The summed E-state index contributed by atoms with van der Waals surface area (Å²) in [5, 5.41) is 11.2. The van der Waals surface area contributed by atoms with Crippen molar-refractivity contribution in [3.8, 4) is 12.3 Å². The fourth-order valence-corrected chi connectivity index (χ4v) is 3.38. The molecule has 108 valence electrons. The van der Waals surface area contributed by atoms with Crippen LogP contribution in [0.3, 0.4) is 0 Å². The van der Waals surface area contributed by atoms with Crippen molar-refractivity contribution in [2.75, 3.05) is 6.54 Å². The Hall–Kier alpha value is -1.30. The second-order valence-electron chi connectivity index (χ2n) is 6.60. The minimum absolute atomic E-state index is 0.147. The third-order valence-electron chi connectivity index (χ3n) is 4.77. The van der Waals surface area contributed by atoms with Crippen molar-refractivity contribution in [2.24, 2.45) is 5.92 Å². The van der Waals surface area contributed by atoms with E-state index in [-0.39, 0.29) is 17.5 Å². The zero-order valence-corrected chi connectivity index (χ0v) is 12.9. The van der Waals surface area contributed by atoms with E-state index < -0.39 is 5.60 Å². The van der Waals surface area contributed by atoms with Crippen molar-refractivity contribution in [3.63, 3.8) is 0 Å². The largest absolute Gasteiger partial charge is 0.385 e. The molecule has 0 saturated carbocycles. The predicted octanol–water partition coefficient (Wildman–Crippen LogP) is 3.02. The number of piperidine rings is 1. The van der Waals surface area contributed by atoms with Gasteiger partial charge in [-0.05, 0) is 32.8 Å². The highest BCUT2D eigenvalue weighted by Gasteiger charge is 2.46. The lowest BCUT2D eigenvalue weighted by Gasteiger charge is -2.51. The standard InChI is InChI=1S/C18H25NO/c1-6-17(4,5)19-13-14(2)18(20,12-15(19)3)16-10-8-7-9-11-16/h1,7-11,14-15,20H,12-13H2,2-5H3/t14-,15-,18-/m0/s1. The van der Waals surface area contributed by atoms with Crippen LogP contribution in [0.4, 0.5) is 0 Å². The maximum absolute atomic E-state index is 11.2. The van der Waals surface area contributed by atoms with Crippen LogP contribution in [-0.4, -0.2) is 28.1 Å². The number of nitrogens with zero attached hydrogens (tertiary/aromatic N) is 1. The Kier molecular flexibility index (Phi) is 3.95. The van der Waals surface area contributed by atoms with Crippen LogP contribution < -0.4 is 0 Å². The molecular formula is C18H25NO. The third kappa shape index (κ3) is 2.49. The van der Waals surface area contributed by atoms with Crippen molar-refractivity contribution in [2.45, 2.75) is 51.3 Å². The topological polar surface area (TPSA) is 23.5 Å². The summed E-state index contributed by atoms with van der Waals surface area (Å²) >= 11 is 0. The number of hydrogen-bond donors (Lipinski definition) is 1. The first-order chi connectivity index (χ1) is 9.31. The Morgan fingerprint density at radius 2 is 1.90 bits per heavy atom. The third-order valence-corrected chi connectivity index (χ3v) is 4.77. The van der Waals surface area contributed by atoms with Crippen molar-refractivity contribution in [1.29, 1.82) is 0 Å². The fourth-order valence-electron chi connectivity index (χ4n) is 3.38. The van der Waals surface area contributed by atoms with Gasteiger partial charge in [0.2, 0.25) is 0 Å². The molecule has 1 N–H and O–H groups in total. The van der Waals surface area contributed by atoms with Crippen molar-refractivity contribution >= 4 is 0 Å². The summed E-state index contributed by atoms with van der Waals surface area (Å²) in [5.41, 5.74) is -0.0226. The van der Waals surface area contributed by atoms with Gasteiger partial charge in [-0.1, -0.05) is 43.2 Å². The fraction of sp³-hybridized carbons (Fsp3) is 0.556. The smallest absolute Gasteiger partial charge is 0.0948 e. The number of aliphatic hydroxyl groups is 1. The van der Waals surface area contributed by atoms with Crippen LogP contribution in [0.15, 0.2) is 30.3 Å². The van der Waals surface area contributed by atoms with Crippen LogP contribution in [0.2, 0.25) is 0 Å². The Labute approximate surface area is 122 Å². The van der Waals surface area contributed by atoms with Crippen molar-refractivity contribution in [3.05, 3.63) is 35.9 Å². The first-order valence-corrected chi connectivity index (χ1v) is 7.33. The van der Waals surface area contributed by atoms with Crippen molar-refractivity contribution < 1.29 is 5.11 Å². The van der Waals surface area contributed by atoms with Crippen LogP contribution >= 0.6 is 0 Å². The number of rotatable bonds is 2. The van der Waals surface area contributed by atoms with Crippen LogP contribution in [0.1, 0.15) is 39.7 Å². The zero-order chi connectivity index (χ0) is 15.0. The van der Waals surface area contributed by atoms with E-state index in [0.29, 0.717) is 6.42 Å². The molecule has 2 heteroatoms. The Balaban J connectivity index is 2.29. The van der Waals surface area contributed by atoms with Gasteiger partial charge in [0.1, 0.15) is 0 Å². The summed E-state index contributed by atoms with van der Waals surface area (Å²) in [6.45, 7) is 9.22. The molecule has 0 radical (unpaired) electrons. The summed E-state index contributed by atoms with van der Waals surface area (Å²) < 4.78 is 0. The van der Waals surface area contributed by atoms with Crippen molar-refractivity contribution in [1.82, 2.24) is 4.90 Å². The SMILES string of the molecule is C#CC(C)(C)N1C[C@H](C)[C@](O)(c2ccccc2)C[C@@H]1C. The van der Waals surface area contributed by atoms with Crippen LogP contribution in [0.5, 0.6) is 0 Å². The maximum Gasteiger partial charge on any atom is 0.0948 e. The van der Waals surface area contributed by atoms with E-state index in [1.807, 2.05) is 30.3 Å². The summed E-state index contributed by atoms with van der Waals surface area (Å²) in [5.74, 6) is 3.02. The lowest BCUT2D eigenvalue weighted by molar-refractivity contribution is -0.105. The van der Waals surface area contributed by atoms with Gasteiger partial charge in [0.05, 0.1) is 11.1 Å². The molecule has 20 heavy (non-hydrogen) atoms. The van der Waals surface area contributed by atoms with Gasteiger partial charge < -0.3 is 5.11 Å². The van der Waals surface area contributed by atoms with Crippen LogP contribution in [0, 0.1) is 18.3 Å². The highest BCUT2D eigenvalue weighted by molar-refractivity contribution is 5.25. The Morgan fingerprint density at radius 3 is 2.45 bits per heavy atom. The molecule has 2 nitrogen and oxygen atoms in total. The van der Waals surface area contributed by atoms with Gasteiger partial charge in [-0.15, -0.1) is 6.42 Å². The molecule has 3 atom stereocenters. The van der Waals surface area contributed by atoms with Gasteiger partial charge in [-0.3, -0.25) is 4.90 Å². The molecule has 2 rings (SSSR count). The minimum Gasteiger partial charge on any atom is -0.385 e. The van der Waals surface area contributed by atoms with Crippen LogP contribution in [-0.2, 0) is 5.60 Å². The van der Waals surface area contributed by atoms with Gasteiger partial charge in [-0.2, -0.15) is 0 Å².